The number of carbonyl (C=O) groups excluding carboxylic acids is 1. The van der Waals surface area contributed by atoms with Gasteiger partial charge in [0.25, 0.3) is 5.91 Å². The third-order valence-corrected chi connectivity index (χ3v) is 1.93. The molecule has 2 rings (SSSR count). The Morgan fingerprint density at radius 1 is 1.47 bits per heavy atom. The number of rotatable bonds is 3. The largest absolute Gasteiger partial charge is 0.364 e. The van der Waals surface area contributed by atoms with Crippen molar-refractivity contribution in [3.05, 3.63) is 47.3 Å². The Morgan fingerprint density at radius 3 is 2.65 bits per heavy atom. The summed E-state index contributed by atoms with van der Waals surface area (Å²) in [5, 5.41) is 6.65. The van der Waals surface area contributed by atoms with Gasteiger partial charge in [0.2, 0.25) is 0 Å². The van der Waals surface area contributed by atoms with Crippen LogP contribution in [0.15, 0.2) is 24.4 Å². The molecule has 0 unspecified atom stereocenters. The molecule has 17 heavy (non-hydrogen) atoms. The number of carbonyl (C=O) groups is 1. The molecule has 7 heteroatoms. The standard InChI is InChI=1S/C10H8F2N4O/c11-7-2-1-3-8(12)6(7)4-16-5-9(10(13)17)14-15-16/h1-3,5H,4H2,(H2,13,17)/i4D2. The lowest BCUT2D eigenvalue weighted by Gasteiger charge is -2.03. The van der Waals surface area contributed by atoms with Gasteiger partial charge in [-0.25, -0.2) is 13.5 Å². The normalized spacial score (nSPS) is 13.1. The summed E-state index contributed by atoms with van der Waals surface area (Å²) in [6.07, 6.45) is 0.883. The van der Waals surface area contributed by atoms with Gasteiger partial charge in [0.05, 0.1) is 15.4 Å². The maximum atomic E-state index is 13.6. The van der Waals surface area contributed by atoms with Crippen LogP contribution in [0.25, 0.3) is 0 Å². The predicted octanol–water partition coefficient (Wildman–Crippen LogP) is 0.703. The molecule has 0 aliphatic rings. The minimum atomic E-state index is -2.64. The number of benzene rings is 1. The Kier molecular flexibility index (Phi) is 2.22. The van der Waals surface area contributed by atoms with Gasteiger partial charge in [-0.3, -0.25) is 4.79 Å². The van der Waals surface area contributed by atoms with Crippen molar-refractivity contribution in [2.75, 3.05) is 0 Å². The van der Waals surface area contributed by atoms with E-state index in [1.54, 1.807) is 0 Å². The van der Waals surface area contributed by atoms with Crippen LogP contribution in [-0.4, -0.2) is 20.9 Å². The van der Waals surface area contributed by atoms with Crippen LogP contribution in [0.3, 0.4) is 0 Å². The van der Waals surface area contributed by atoms with Crippen molar-refractivity contribution in [2.24, 2.45) is 5.73 Å². The van der Waals surface area contributed by atoms with E-state index in [-0.39, 0.29) is 5.69 Å². The van der Waals surface area contributed by atoms with Crippen molar-refractivity contribution in [2.45, 2.75) is 6.50 Å². The van der Waals surface area contributed by atoms with Gasteiger partial charge in [0.1, 0.15) is 11.6 Å². The van der Waals surface area contributed by atoms with E-state index in [4.69, 9.17) is 8.48 Å². The molecular formula is C10H8F2N4O. The van der Waals surface area contributed by atoms with E-state index < -0.39 is 29.6 Å². The summed E-state index contributed by atoms with van der Waals surface area (Å²) in [4.78, 5) is 10.8. The highest BCUT2D eigenvalue weighted by Gasteiger charge is 2.11. The molecule has 1 aromatic carbocycles. The smallest absolute Gasteiger partial charge is 0.270 e. The molecule has 88 valence electrons. The summed E-state index contributed by atoms with van der Waals surface area (Å²) in [6.45, 7) is -2.64. The average molecular weight is 240 g/mol. The van der Waals surface area contributed by atoms with Crippen LogP contribution >= 0.6 is 0 Å². The second-order valence-corrected chi connectivity index (χ2v) is 3.12. The van der Waals surface area contributed by atoms with E-state index in [1.807, 2.05) is 0 Å². The van der Waals surface area contributed by atoms with E-state index >= 15 is 0 Å². The number of primary amides is 1. The molecule has 0 radical (unpaired) electrons. The van der Waals surface area contributed by atoms with Gasteiger partial charge in [-0.05, 0) is 12.1 Å². The summed E-state index contributed by atoms with van der Waals surface area (Å²) in [6, 6.07) is 2.95. The van der Waals surface area contributed by atoms with Crippen molar-refractivity contribution >= 4 is 5.91 Å². The lowest BCUT2D eigenvalue weighted by atomic mass is 10.2. The zero-order valence-electron chi connectivity index (χ0n) is 10.4. The summed E-state index contributed by atoms with van der Waals surface area (Å²) >= 11 is 0. The zero-order chi connectivity index (χ0) is 14.2. The highest BCUT2D eigenvalue weighted by molar-refractivity contribution is 5.90. The Morgan fingerprint density at radius 2 is 2.12 bits per heavy atom. The lowest BCUT2D eigenvalue weighted by Crippen LogP contribution is -2.11. The van der Waals surface area contributed by atoms with E-state index in [2.05, 4.69) is 10.3 Å². The van der Waals surface area contributed by atoms with Crippen LogP contribution in [0.1, 0.15) is 18.8 Å². The van der Waals surface area contributed by atoms with Crippen LogP contribution in [-0.2, 0) is 6.50 Å². The third-order valence-electron chi connectivity index (χ3n) is 1.93. The first-order chi connectivity index (χ1) is 8.84. The first kappa shape index (κ1) is 8.80. The van der Waals surface area contributed by atoms with Gasteiger partial charge in [-0.1, -0.05) is 11.3 Å². The summed E-state index contributed by atoms with van der Waals surface area (Å²) < 4.78 is 43.1. The Hall–Kier alpha value is -2.31. The molecule has 0 saturated carbocycles. The van der Waals surface area contributed by atoms with Crippen LogP contribution in [0.4, 0.5) is 8.78 Å². The number of hydrogen-bond donors (Lipinski definition) is 1. The number of aromatic nitrogens is 3. The van der Waals surface area contributed by atoms with Gasteiger partial charge in [0.15, 0.2) is 5.69 Å². The Labute approximate surface area is 97.7 Å². The number of nitrogens with zero attached hydrogens (tertiary/aromatic N) is 3. The van der Waals surface area contributed by atoms with E-state index in [0.717, 1.165) is 24.4 Å². The molecular weight excluding hydrogens is 230 g/mol. The fraction of sp³-hybridized carbons (Fsp3) is 0.100. The van der Waals surface area contributed by atoms with E-state index in [1.165, 1.54) is 0 Å². The molecule has 0 bridgehead atoms. The molecule has 2 N–H and O–H groups in total. The predicted molar refractivity (Wildman–Crippen MR) is 54.0 cm³/mol. The number of hydrogen-bond acceptors (Lipinski definition) is 3. The molecule has 0 spiro atoms. The fourth-order valence-electron chi connectivity index (χ4n) is 1.15. The maximum Gasteiger partial charge on any atom is 0.270 e. The second-order valence-electron chi connectivity index (χ2n) is 3.12. The number of amides is 1. The molecule has 5 nitrogen and oxygen atoms in total. The Bertz CT molecular complexity index is 624. The summed E-state index contributed by atoms with van der Waals surface area (Å²) in [5.41, 5.74) is 3.82. The second kappa shape index (κ2) is 4.28. The molecule has 0 atom stereocenters. The molecule has 0 aliphatic carbocycles. The van der Waals surface area contributed by atoms with Crippen LogP contribution in [0, 0.1) is 11.6 Å². The summed E-state index contributed by atoms with van der Waals surface area (Å²) in [5.74, 6) is -3.06. The van der Waals surface area contributed by atoms with E-state index in [9.17, 15) is 13.6 Å². The number of halogens is 2. The molecule has 2 aromatic rings. The lowest BCUT2D eigenvalue weighted by molar-refractivity contribution is 0.0995. The van der Waals surface area contributed by atoms with Crippen molar-refractivity contribution in [1.82, 2.24) is 15.0 Å². The van der Waals surface area contributed by atoms with Crippen molar-refractivity contribution in [1.29, 1.82) is 0 Å². The topological polar surface area (TPSA) is 73.8 Å². The first-order valence-corrected chi connectivity index (χ1v) is 4.51. The first-order valence-electron chi connectivity index (χ1n) is 5.51. The molecule has 1 heterocycles. The molecule has 0 aliphatic heterocycles. The third kappa shape index (κ3) is 2.27. The van der Waals surface area contributed by atoms with Crippen LogP contribution < -0.4 is 5.73 Å². The minimum absolute atomic E-state index is 0.305. The van der Waals surface area contributed by atoms with Crippen molar-refractivity contribution in [3.63, 3.8) is 0 Å². The molecule has 1 amide bonds. The fourth-order valence-corrected chi connectivity index (χ4v) is 1.15. The van der Waals surface area contributed by atoms with Crippen LogP contribution in [0.2, 0.25) is 0 Å². The SMILES string of the molecule is [2H]C([2H])(c1c(F)cccc1F)n1cc(C(N)=O)nn1. The highest BCUT2D eigenvalue weighted by atomic mass is 19.1. The molecule has 1 aromatic heterocycles. The average Bonchev–Trinajstić information content (AvgIpc) is 2.78. The van der Waals surface area contributed by atoms with Gasteiger partial charge in [-0.2, -0.15) is 0 Å². The monoisotopic (exact) mass is 240 g/mol. The quantitative estimate of drug-likeness (QED) is 0.858. The number of nitrogens with two attached hydrogens (primary N) is 1. The zero-order valence-corrected chi connectivity index (χ0v) is 8.39. The maximum absolute atomic E-state index is 13.6. The van der Waals surface area contributed by atoms with Gasteiger partial charge < -0.3 is 5.73 Å². The summed E-state index contributed by atoms with van der Waals surface area (Å²) in [7, 11) is 0. The molecule has 0 fully saturated rings. The van der Waals surface area contributed by atoms with E-state index in [0.29, 0.717) is 4.68 Å². The highest BCUT2D eigenvalue weighted by Crippen LogP contribution is 2.13. The Balaban J connectivity index is 2.55. The van der Waals surface area contributed by atoms with Crippen LogP contribution in [0.5, 0.6) is 0 Å². The minimum Gasteiger partial charge on any atom is -0.364 e. The van der Waals surface area contributed by atoms with Gasteiger partial charge in [-0.15, -0.1) is 5.10 Å². The van der Waals surface area contributed by atoms with Crippen molar-refractivity contribution in [3.8, 4) is 0 Å². The van der Waals surface area contributed by atoms with Crippen molar-refractivity contribution < 1.29 is 16.3 Å². The molecule has 0 saturated heterocycles. The van der Waals surface area contributed by atoms with Gasteiger partial charge >= 0.3 is 0 Å². The van der Waals surface area contributed by atoms with Gasteiger partial charge in [0, 0.05) is 5.56 Å².